The Hall–Kier alpha value is -1.46. The summed E-state index contributed by atoms with van der Waals surface area (Å²) in [7, 11) is 0. The van der Waals surface area contributed by atoms with Crippen molar-refractivity contribution in [2.45, 2.75) is 44.6 Å². The van der Waals surface area contributed by atoms with Gasteiger partial charge in [0.15, 0.2) is 0 Å². The first kappa shape index (κ1) is 10.1. The topological polar surface area (TPSA) is 83.6 Å². The van der Waals surface area contributed by atoms with Crippen molar-refractivity contribution in [3.63, 3.8) is 0 Å². The Kier molecular flexibility index (Phi) is 2.66. The van der Waals surface area contributed by atoms with Crippen LogP contribution in [-0.2, 0) is 0 Å². The van der Waals surface area contributed by atoms with Crippen molar-refractivity contribution >= 4 is 5.91 Å². The zero-order valence-corrected chi connectivity index (χ0v) is 8.79. The van der Waals surface area contributed by atoms with E-state index in [9.17, 15) is 4.79 Å². The maximum Gasteiger partial charge on any atom is 0.293 e. The van der Waals surface area contributed by atoms with Gasteiger partial charge in [0.25, 0.3) is 11.7 Å². The van der Waals surface area contributed by atoms with E-state index in [2.05, 4.69) is 32.9 Å². The Bertz CT molecular complexity index is 328. The third-order valence-corrected chi connectivity index (χ3v) is 2.92. The van der Waals surface area contributed by atoms with Gasteiger partial charge in [0, 0.05) is 5.54 Å². The SMILES string of the molecule is CC1(NC(=O)c2nn[nH]n2)CCCCC1. The smallest absolute Gasteiger partial charge is 0.293 e. The molecule has 15 heavy (non-hydrogen) atoms. The Morgan fingerprint density at radius 3 is 2.73 bits per heavy atom. The minimum Gasteiger partial charge on any atom is -0.344 e. The van der Waals surface area contributed by atoms with Gasteiger partial charge in [0.1, 0.15) is 0 Å². The number of hydrogen-bond acceptors (Lipinski definition) is 4. The van der Waals surface area contributed by atoms with Gasteiger partial charge in [-0.25, -0.2) is 0 Å². The van der Waals surface area contributed by atoms with E-state index < -0.39 is 0 Å². The van der Waals surface area contributed by atoms with Crippen LogP contribution in [0.4, 0.5) is 0 Å². The molecule has 0 unspecified atom stereocenters. The number of aromatic amines is 1. The number of tetrazole rings is 1. The Morgan fingerprint density at radius 2 is 2.13 bits per heavy atom. The van der Waals surface area contributed by atoms with Crippen molar-refractivity contribution in [3.05, 3.63) is 5.82 Å². The highest BCUT2D eigenvalue weighted by Crippen LogP contribution is 2.27. The zero-order chi connectivity index (χ0) is 10.7. The summed E-state index contributed by atoms with van der Waals surface area (Å²) in [6, 6.07) is 0. The highest BCUT2D eigenvalue weighted by atomic mass is 16.2. The first-order valence-electron chi connectivity index (χ1n) is 5.26. The van der Waals surface area contributed by atoms with Gasteiger partial charge < -0.3 is 5.32 Å². The van der Waals surface area contributed by atoms with Crippen LogP contribution in [0.2, 0.25) is 0 Å². The van der Waals surface area contributed by atoms with E-state index >= 15 is 0 Å². The third-order valence-electron chi connectivity index (χ3n) is 2.92. The van der Waals surface area contributed by atoms with Crippen LogP contribution in [0.3, 0.4) is 0 Å². The van der Waals surface area contributed by atoms with E-state index in [0.29, 0.717) is 0 Å². The summed E-state index contributed by atoms with van der Waals surface area (Å²) in [5.74, 6) is -0.130. The van der Waals surface area contributed by atoms with E-state index in [1.807, 2.05) is 0 Å². The van der Waals surface area contributed by atoms with Crippen molar-refractivity contribution < 1.29 is 4.79 Å². The molecule has 1 fully saturated rings. The molecule has 82 valence electrons. The van der Waals surface area contributed by atoms with Crippen molar-refractivity contribution in [1.82, 2.24) is 25.9 Å². The Balaban J connectivity index is 1.98. The molecule has 0 bridgehead atoms. The number of hydrogen-bond donors (Lipinski definition) is 2. The first-order valence-corrected chi connectivity index (χ1v) is 5.26. The van der Waals surface area contributed by atoms with E-state index in [1.54, 1.807) is 0 Å². The van der Waals surface area contributed by atoms with Crippen LogP contribution >= 0.6 is 0 Å². The van der Waals surface area contributed by atoms with Crippen LogP contribution < -0.4 is 5.32 Å². The average molecular weight is 209 g/mol. The molecule has 0 atom stereocenters. The number of H-pyrrole nitrogens is 1. The van der Waals surface area contributed by atoms with Crippen molar-refractivity contribution in [1.29, 1.82) is 0 Å². The quantitative estimate of drug-likeness (QED) is 0.749. The molecule has 1 aromatic rings. The first-order chi connectivity index (χ1) is 7.20. The number of rotatable bonds is 2. The van der Waals surface area contributed by atoms with Crippen LogP contribution in [0, 0.1) is 0 Å². The molecule has 0 radical (unpaired) electrons. The molecule has 1 heterocycles. The zero-order valence-electron chi connectivity index (χ0n) is 8.79. The van der Waals surface area contributed by atoms with Gasteiger partial charge in [-0.05, 0) is 25.0 Å². The lowest BCUT2D eigenvalue weighted by Gasteiger charge is -2.34. The summed E-state index contributed by atoms with van der Waals surface area (Å²) in [4.78, 5) is 11.7. The fraction of sp³-hybridized carbons (Fsp3) is 0.778. The van der Waals surface area contributed by atoms with Crippen molar-refractivity contribution in [2.75, 3.05) is 0 Å². The predicted molar refractivity (Wildman–Crippen MR) is 53.1 cm³/mol. The molecule has 6 nitrogen and oxygen atoms in total. The second kappa shape index (κ2) is 3.96. The molecule has 0 spiro atoms. The molecule has 1 aliphatic rings. The molecular formula is C9H15N5O. The molecular weight excluding hydrogens is 194 g/mol. The van der Waals surface area contributed by atoms with Crippen LogP contribution in [0.5, 0.6) is 0 Å². The van der Waals surface area contributed by atoms with Crippen LogP contribution in [0.25, 0.3) is 0 Å². The fourth-order valence-corrected chi connectivity index (χ4v) is 2.05. The van der Waals surface area contributed by atoms with Gasteiger partial charge in [-0.2, -0.15) is 5.21 Å². The summed E-state index contributed by atoms with van der Waals surface area (Å²) in [5.41, 5.74) is -0.101. The summed E-state index contributed by atoms with van der Waals surface area (Å²) in [5, 5.41) is 15.9. The lowest BCUT2D eigenvalue weighted by molar-refractivity contribution is 0.0872. The lowest BCUT2D eigenvalue weighted by atomic mass is 9.83. The summed E-state index contributed by atoms with van der Waals surface area (Å²) < 4.78 is 0. The van der Waals surface area contributed by atoms with Crippen molar-refractivity contribution in [3.8, 4) is 0 Å². The number of aromatic nitrogens is 4. The van der Waals surface area contributed by atoms with E-state index in [-0.39, 0.29) is 17.3 Å². The van der Waals surface area contributed by atoms with E-state index in [4.69, 9.17) is 0 Å². The van der Waals surface area contributed by atoms with Crippen LogP contribution in [0.15, 0.2) is 0 Å². The number of amides is 1. The minimum absolute atomic E-state index is 0.101. The van der Waals surface area contributed by atoms with Gasteiger partial charge in [-0.3, -0.25) is 4.79 Å². The van der Waals surface area contributed by atoms with Crippen molar-refractivity contribution in [2.24, 2.45) is 0 Å². The highest BCUT2D eigenvalue weighted by molar-refractivity contribution is 5.90. The van der Waals surface area contributed by atoms with Gasteiger partial charge in [-0.15, -0.1) is 10.2 Å². The molecule has 2 N–H and O–H groups in total. The fourth-order valence-electron chi connectivity index (χ4n) is 2.05. The maximum absolute atomic E-state index is 11.7. The van der Waals surface area contributed by atoms with Gasteiger partial charge in [0.2, 0.25) is 0 Å². The number of nitrogens with zero attached hydrogens (tertiary/aromatic N) is 3. The molecule has 0 saturated heterocycles. The second-order valence-corrected chi connectivity index (χ2v) is 4.31. The lowest BCUT2D eigenvalue weighted by Crippen LogP contribution is -2.47. The van der Waals surface area contributed by atoms with E-state index in [1.165, 1.54) is 19.3 Å². The largest absolute Gasteiger partial charge is 0.344 e. The molecule has 1 amide bonds. The van der Waals surface area contributed by atoms with Crippen LogP contribution in [-0.4, -0.2) is 32.1 Å². The number of nitrogens with one attached hydrogen (secondary N) is 2. The Morgan fingerprint density at radius 1 is 1.40 bits per heavy atom. The Labute approximate surface area is 87.8 Å². The number of carbonyl (C=O) groups excluding carboxylic acids is 1. The van der Waals surface area contributed by atoms with Gasteiger partial charge in [0.05, 0.1) is 0 Å². The summed E-state index contributed by atoms with van der Waals surface area (Å²) in [6.45, 7) is 2.07. The molecule has 0 aromatic carbocycles. The molecule has 1 aliphatic carbocycles. The number of carbonyl (C=O) groups is 1. The molecule has 6 heteroatoms. The standard InChI is InChI=1S/C9H15N5O/c1-9(5-3-2-4-6-9)10-8(15)7-11-13-14-12-7/h2-6H2,1H3,(H,10,15)(H,11,12,13,14). The second-order valence-electron chi connectivity index (χ2n) is 4.31. The summed E-state index contributed by atoms with van der Waals surface area (Å²) in [6.07, 6.45) is 5.65. The summed E-state index contributed by atoms with van der Waals surface area (Å²) >= 11 is 0. The highest BCUT2D eigenvalue weighted by Gasteiger charge is 2.29. The monoisotopic (exact) mass is 209 g/mol. The van der Waals surface area contributed by atoms with Gasteiger partial charge >= 0.3 is 0 Å². The molecule has 1 saturated carbocycles. The molecule has 1 aromatic heterocycles. The average Bonchev–Trinajstić information content (AvgIpc) is 2.70. The van der Waals surface area contributed by atoms with Gasteiger partial charge in [-0.1, -0.05) is 19.3 Å². The molecule has 2 rings (SSSR count). The normalized spacial score (nSPS) is 19.8. The third kappa shape index (κ3) is 2.31. The maximum atomic E-state index is 11.7. The predicted octanol–water partition coefficient (Wildman–Crippen LogP) is 0.652. The van der Waals surface area contributed by atoms with Crippen LogP contribution in [0.1, 0.15) is 49.6 Å². The molecule has 0 aliphatic heterocycles. The van der Waals surface area contributed by atoms with E-state index in [0.717, 1.165) is 12.8 Å². The minimum atomic E-state index is -0.242.